The second-order valence-electron chi connectivity index (χ2n) is 3.58. The zero-order valence-corrected chi connectivity index (χ0v) is 12.3. The zero-order chi connectivity index (χ0) is 12.1. The number of rotatable bonds is 3. The fourth-order valence-electron chi connectivity index (χ4n) is 1.45. The van der Waals surface area contributed by atoms with Crippen LogP contribution in [0.4, 0.5) is 5.69 Å². The van der Waals surface area contributed by atoms with Crippen LogP contribution in [0.15, 0.2) is 66.2 Å². The fraction of sp³-hybridized carbons (Fsp3) is 0. The molecule has 2 aromatic rings. The molecule has 18 heavy (non-hydrogen) atoms. The van der Waals surface area contributed by atoms with E-state index >= 15 is 0 Å². The molecule has 0 heterocycles. The van der Waals surface area contributed by atoms with Crippen LogP contribution in [-0.2, 0) is 0 Å². The van der Waals surface area contributed by atoms with Crippen LogP contribution < -0.4 is 34.7 Å². The van der Waals surface area contributed by atoms with Crippen LogP contribution in [0.1, 0.15) is 11.1 Å². The Bertz CT molecular complexity index is 532. The van der Waals surface area contributed by atoms with Gasteiger partial charge < -0.3 is 5.11 Å². The van der Waals surface area contributed by atoms with Gasteiger partial charge in [0.05, 0.1) is 5.69 Å². The summed E-state index contributed by atoms with van der Waals surface area (Å²) >= 11 is 0. The standard InChI is InChI=1S/C15H13NO.Na/c1-2-12-8-10-14(11-9-12)16-15(17)13-6-4-3-5-7-13;/h2-11H,1H2,(H,16,17);/q;+1/p-1. The number of hydrogen-bond donors (Lipinski definition) is 0. The molecule has 0 saturated heterocycles. The first-order valence-electron chi connectivity index (χ1n) is 5.33. The average molecular weight is 245 g/mol. The van der Waals surface area contributed by atoms with Crippen molar-refractivity contribution >= 4 is 17.7 Å². The second kappa shape index (κ2) is 7.17. The molecule has 0 aliphatic rings. The minimum atomic E-state index is -0.225. The molecule has 0 amide bonds. The van der Waals surface area contributed by atoms with Gasteiger partial charge in [-0.05, 0) is 29.2 Å². The summed E-state index contributed by atoms with van der Waals surface area (Å²) in [6.45, 7) is 3.67. The van der Waals surface area contributed by atoms with Crippen LogP contribution in [0, 0.1) is 0 Å². The Morgan fingerprint density at radius 3 is 2.17 bits per heavy atom. The van der Waals surface area contributed by atoms with Gasteiger partial charge in [0, 0.05) is 0 Å². The molecule has 2 aromatic carbocycles. The Labute approximate surface area is 129 Å². The number of benzene rings is 2. The molecule has 0 saturated carbocycles. The Balaban J connectivity index is 0.00000162. The van der Waals surface area contributed by atoms with Gasteiger partial charge in [-0.25, -0.2) is 0 Å². The summed E-state index contributed by atoms with van der Waals surface area (Å²) < 4.78 is 0. The van der Waals surface area contributed by atoms with Crippen molar-refractivity contribution < 1.29 is 34.7 Å². The maximum atomic E-state index is 11.8. The molecule has 0 aliphatic carbocycles. The Morgan fingerprint density at radius 2 is 1.61 bits per heavy atom. The normalized spacial score (nSPS) is 10.6. The van der Waals surface area contributed by atoms with E-state index in [4.69, 9.17) is 0 Å². The maximum Gasteiger partial charge on any atom is 1.00 e. The van der Waals surface area contributed by atoms with Crippen molar-refractivity contribution in [2.75, 3.05) is 0 Å². The van der Waals surface area contributed by atoms with E-state index in [9.17, 15) is 5.11 Å². The first kappa shape index (κ1) is 14.7. The quantitative estimate of drug-likeness (QED) is 0.418. The zero-order valence-electron chi connectivity index (χ0n) is 10.3. The van der Waals surface area contributed by atoms with Gasteiger partial charge in [-0.2, -0.15) is 0 Å². The maximum absolute atomic E-state index is 11.8. The van der Waals surface area contributed by atoms with E-state index in [1.165, 1.54) is 0 Å². The first-order valence-corrected chi connectivity index (χ1v) is 5.33. The number of nitrogens with zero attached hydrogens (tertiary/aromatic N) is 1. The second-order valence-corrected chi connectivity index (χ2v) is 3.58. The van der Waals surface area contributed by atoms with E-state index in [0.29, 0.717) is 11.3 Å². The van der Waals surface area contributed by atoms with Gasteiger partial charge in [-0.15, -0.1) is 0 Å². The fourth-order valence-corrected chi connectivity index (χ4v) is 1.45. The predicted molar refractivity (Wildman–Crippen MR) is 69.2 cm³/mol. The summed E-state index contributed by atoms with van der Waals surface area (Å²) in [5.74, 6) is -0.225. The molecular weight excluding hydrogens is 233 g/mol. The van der Waals surface area contributed by atoms with Crippen LogP contribution in [0.5, 0.6) is 0 Å². The van der Waals surface area contributed by atoms with Crippen LogP contribution in [0.25, 0.3) is 6.08 Å². The van der Waals surface area contributed by atoms with E-state index in [1.807, 2.05) is 30.3 Å². The van der Waals surface area contributed by atoms with Crippen LogP contribution >= 0.6 is 0 Å². The van der Waals surface area contributed by atoms with Gasteiger partial charge in [-0.3, -0.25) is 4.99 Å². The molecule has 2 nitrogen and oxygen atoms in total. The third kappa shape index (κ3) is 3.84. The molecule has 0 fully saturated rings. The number of aliphatic imine (C=N–C) groups is 1. The molecule has 0 unspecified atom stereocenters. The van der Waals surface area contributed by atoms with E-state index < -0.39 is 0 Å². The van der Waals surface area contributed by atoms with Crippen molar-refractivity contribution in [3.05, 3.63) is 72.3 Å². The molecule has 84 valence electrons. The van der Waals surface area contributed by atoms with Crippen molar-refractivity contribution in [1.82, 2.24) is 0 Å². The van der Waals surface area contributed by atoms with Gasteiger partial charge in [-0.1, -0.05) is 55.1 Å². The van der Waals surface area contributed by atoms with Gasteiger partial charge in [0.25, 0.3) is 0 Å². The Hall–Kier alpha value is -1.35. The summed E-state index contributed by atoms with van der Waals surface area (Å²) in [5.41, 5.74) is 2.26. The summed E-state index contributed by atoms with van der Waals surface area (Å²) in [7, 11) is 0. The molecule has 0 aromatic heterocycles. The molecule has 3 heteroatoms. The van der Waals surface area contributed by atoms with Crippen molar-refractivity contribution in [2.45, 2.75) is 0 Å². The summed E-state index contributed by atoms with van der Waals surface area (Å²) in [4.78, 5) is 4.03. The predicted octanol–water partition coefficient (Wildman–Crippen LogP) is -0.228. The monoisotopic (exact) mass is 245 g/mol. The molecular formula is C15H12NNaO. The van der Waals surface area contributed by atoms with Crippen molar-refractivity contribution in [1.29, 1.82) is 0 Å². The van der Waals surface area contributed by atoms with Crippen molar-refractivity contribution in [2.24, 2.45) is 4.99 Å². The van der Waals surface area contributed by atoms with E-state index in [1.54, 1.807) is 30.3 Å². The molecule has 0 radical (unpaired) electrons. The van der Waals surface area contributed by atoms with E-state index in [0.717, 1.165) is 5.56 Å². The summed E-state index contributed by atoms with van der Waals surface area (Å²) in [6.07, 6.45) is 1.75. The average Bonchev–Trinajstić information content (AvgIpc) is 2.40. The summed E-state index contributed by atoms with van der Waals surface area (Å²) in [6, 6.07) is 16.4. The van der Waals surface area contributed by atoms with Crippen LogP contribution in [0.3, 0.4) is 0 Å². The molecule has 0 spiro atoms. The third-order valence-electron chi connectivity index (χ3n) is 2.38. The van der Waals surface area contributed by atoms with Gasteiger partial charge in [0.15, 0.2) is 0 Å². The molecule has 0 bridgehead atoms. The molecule has 0 atom stereocenters. The third-order valence-corrected chi connectivity index (χ3v) is 2.38. The number of hydrogen-bond acceptors (Lipinski definition) is 2. The summed E-state index contributed by atoms with van der Waals surface area (Å²) in [5, 5.41) is 11.8. The van der Waals surface area contributed by atoms with E-state index in [-0.39, 0.29) is 35.5 Å². The minimum Gasteiger partial charge on any atom is -0.858 e. The molecule has 2 rings (SSSR count). The van der Waals surface area contributed by atoms with Crippen molar-refractivity contribution in [3.63, 3.8) is 0 Å². The Kier molecular flexibility index (Phi) is 5.86. The molecule has 0 aliphatic heterocycles. The van der Waals surface area contributed by atoms with Gasteiger partial charge >= 0.3 is 29.6 Å². The largest absolute Gasteiger partial charge is 1.00 e. The van der Waals surface area contributed by atoms with Crippen LogP contribution in [0.2, 0.25) is 0 Å². The minimum absolute atomic E-state index is 0. The van der Waals surface area contributed by atoms with E-state index in [2.05, 4.69) is 11.6 Å². The van der Waals surface area contributed by atoms with Gasteiger partial charge in [0.2, 0.25) is 0 Å². The topological polar surface area (TPSA) is 35.4 Å². The SMILES string of the molecule is C=Cc1ccc(N=C([O-])c2ccccc2)cc1.[Na+]. The first-order chi connectivity index (χ1) is 8.29. The van der Waals surface area contributed by atoms with Gasteiger partial charge in [0.1, 0.15) is 0 Å². The van der Waals surface area contributed by atoms with Crippen LogP contribution in [-0.4, -0.2) is 5.90 Å². The smallest absolute Gasteiger partial charge is 0.858 e. The molecule has 0 N–H and O–H groups in total. The van der Waals surface area contributed by atoms with Crippen molar-refractivity contribution in [3.8, 4) is 0 Å². The Morgan fingerprint density at radius 1 is 1.00 bits per heavy atom.